The van der Waals surface area contributed by atoms with Crippen molar-refractivity contribution in [1.82, 2.24) is 5.32 Å². The number of amides is 1. The minimum Gasteiger partial charge on any atom is -0.394 e. The Morgan fingerprint density at radius 1 is 0.360 bits per heavy atom. The highest BCUT2D eigenvalue weighted by atomic mass is 16.8. The third-order valence-electron chi connectivity index (χ3n) is 20.4. The first kappa shape index (κ1) is 92.0. The third kappa shape index (κ3) is 41.6. The molecule has 0 radical (unpaired) electrons. The second kappa shape index (κ2) is 61.9. The summed E-state index contributed by atoms with van der Waals surface area (Å²) >= 11 is 0. The number of hydrogen-bond acceptors (Lipinski definition) is 18. The number of carbonyl (C=O) groups is 1. The summed E-state index contributed by atoms with van der Waals surface area (Å²) in [5.41, 5.74) is 0. The highest BCUT2D eigenvalue weighted by molar-refractivity contribution is 5.76. The van der Waals surface area contributed by atoms with E-state index in [0.717, 1.165) is 70.6 Å². The van der Waals surface area contributed by atoms with Crippen LogP contribution in [0.2, 0.25) is 0 Å². The van der Waals surface area contributed by atoms with Crippen LogP contribution < -0.4 is 5.32 Å². The number of unbranched alkanes of at least 4 members (excludes halogenated alkanes) is 43. The monoisotopic (exact) mass is 1420 g/mol. The molecule has 0 aromatic heterocycles. The van der Waals surface area contributed by atoms with E-state index in [0.29, 0.717) is 6.42 Å². The van der Waals surface area contributed by atoms with Gasteiger partial charge in [0.2, 0.25) is 5.91 Å². The molecule has 3 fully saturated rings. The average Bonchev–Trinajstić information content (AvgIpc) is 0.783. The van der Waals surface area contributed by atoms with Gasteiger partial charge in [0.25, 0.3) is 0 Å². The van der Waals surface area contributed by atoms with Gasteiger partial charge in [-0.25, -0.2) is 0 Å². The van der Waals surface area contributed by atoms with Crippen molar-refractivity contribution in [2.45, 2.75) is 433 Å². The minimum absolute atomic E-state index is 0.235. The molecule has 100 heavy (non-hydrogen) atoms. The van der Waals surface area contributed by atoms with E-state index in [-0.39, 0.29) is 18.9 Å². The summed E-state index contributed by atoms with van der Waals surface area (Å²) in [6, 6.07) is -0.981. The van der Waals surface area contributed by atoms with Gasteiger partial charge in [-0.2, -0.15) is 0 Å². The number of nitrogens with one attached hydrogen (secondary N) is 1. The van der Waals surface area contributed by atoms with Crippen molar-refractivity contribution < 1.29 is 89.4 Å². The van der Waals surface area contributed by atoms with Crippen LogP contribution in [0, 0.1) is 0 Å². The van der Waals surface area contributed by atoms with E-state index >= 15 is 0 Å². The molecule has 19 heteroatoms. The van der Waals surface area contributed by atoms with Crippen molar-refractivity contribution in [2.24, 2.45) is 0 Å². The van der Waals surface area contributed by atoms with Gasteiger partial charge in [0.05, 0.1) is 38.6 Å². The third-order valence-corrected chi connectivity index (χ3v) is 20.4. The Kier molecular flexibility index (Phi) is 56.9. The summed E-state index contributed by atoms with van der Waals surface area (Å²) < 4.78 is 34.5. The van der Waals surface area contributed by atoms with E-state index in [2.05, 4.69) is 55.6 Å². The summed E-state index contributed by atoms with van der Waals surface area (Å²) in [5, 5.41) is 121. The predicted octanol–water partition coefficient (Wildman–Crippen LogP) is 13.7. The highest BCUT2D eigenvalue weighted by Crippen LogP contribution is 2.33. The quantitative estimate of drug-likeness (QED) is 0.0199. The molecule has 0 spiro atoms. The molecule has 19 nitrogen and oxygen atoms in total. The average molecular weight is 1430 g/mol. The Morgan fingerprint density at radius 2 is 0.660 bits per heavy atom. The van der Waals surface area contributed by atoms with E-state index in [4.69, 9.17) is 28.4 Å². The van der Waals surface area contributed by atoms with E-state index < -0.39 is 124 Å². The maximum Gasteiger partial charge on any atom is 0.220 e. The molecule has 0 saturated carbocycles. The van der Waals surface area contributed by atoms with E-state index in [1.165, 1.54) is 231 Å². The molecule has 17 atom stereocenters. The van der Waals surface area contributed by atoms with Crippen LogP contribution in [-0.2, 0) is 33.2 Å². The number of aliphatic hydroxyl groups is 11. The molecule has 3 heterocycles. The molecular formula is C81H149NO18. The first-order valence-corrected chi connectivity index (χ1v) is 40.9. The van der Waals surface area contributed by atoms with Gasteiger partial charge in [0.1, 0.15) is 73.2 Å². The lowest BCUT2D eigenvalue weighted by atomic mass is 9.96. The fraction of sp³-hybridized carbons (Fsp3) is 0.889. The molecule has 12 N–H and O–H groups in total. The van der Waals surface area contributed by atoms with Gasteiger partial charge in [-0.1, -0.05) is 313 Å². The van der Waals surface area contributed by atoms with Gasteiger partial charge in [-0.05, 0) is 57.8 Å². The first-order valence-electron chi connectivity index (χ1n) is 40.9. The lowest BCUT2D eigenvalue weighted by molar-refractivity contribution is -0.379. The molecule has 3 aliphatic heterocycles. The molecule has 0 aromatic rings. The van der Waals surface area contributed by atoms with Crippen LogP contribution in [0.25, 0.3) is 0 Å². The number of ether oxygens (including phenoxy) is 6. The van der Waals surface area contributed by atoms with Crippen LogP contribution in [-0.4, -0.2) is 193 Å². The lowest BCUT2D eigenvalue weighted by Crippen LogP contribution is -2.66. The van der Waals surface area contributed by atoms with E-state index in [1.807, 2.05) is 6.08 Å². The second-order valence-corrected chi connectivity index (χ2v) is 29.2. The molecule has 1 amide bonds. The minimum atomic E-state index is -1.98. The van der Waals surface area contributed by atoms with Crippen molar-refractivity contribution in [3.8, 4) is 0 Å². The Balaban J connectivity index is 1.37. The number of hydrogen-bond donors (Lipinski definition) is 12. The summed E-state index contributed by atoms with van der Waals surface area (Å²) in [6.45, 7) is 1.76. The van der Waals surface area contributed by atoms with Crippen LogP contribution >= 0.6 is 0 Å². The van der Waals surface area contributed by atoms with Crippen molar-refractivity contribution in [1.29, 1.82) is 0 Å². The summed E-state index contributed by atoms with van der Waals surface area (Å²) in [6.07, 6.45) is 51.0. The van der Waals surface area contributed by atoms with Crippen LogP contribution in [0.3, 0.4) is 0 Å². The molecule has 586 valence electrons. The molecule has 0 aromatic carbocycles. The van der Waals surface area contributed by atoms with Crippen LogP contribution in [0.5, 0.6) is 0 Å². The van der Waals surface area contributed by atoms with Gasteiger partial charge in [-0.15, -0.1) is 0 Å². The molecule has 17 unspecified atom stereocenters. The summed E-state index contributed by atoms with van der Waals surface area (Å²) in [5.74, 6) is -0.280. The molecule has 0 bridgehead atoms. The molecular weight excluding hydrogens is 1270 g/mol. The summed E-state index contributed by atoms with van der Waals surface area (Å²) in [7, 11) is 0. The summed E-state index contributed by atoms with van der Waals surface area (Å²) in [4.78, 5) is 13.5. The van der Waals surface area contributed by atoms with Gasteiger partial charge < -0.3 is 89.9 Å². The number of allylic oxidation sites excluding steroid dienone is 7. The molecule has 3 aliphatic rings. The normalized spacial score (nSPS) is 26.7. The smallest absolute Gasteiger partial charge is 0.220 e. The molecule has 0 aliphatic carbocycles. The first-order chi connectivity index (χ1) is 48.8. The zero-order valence-electron chi connectivity index (χ0n) is 62.7. The molecule has 3 saturated heterocycles. The van der Waals surface area contributed by atoms with E-state index in [1.54, 1.807) is 6.08 Å². The maximum absolute atomic E-state index is 13.5. The number of aliphatic hydroxyl groups excluding tert-OH is 11. The van der Waals surface area contributed by atoms with Gasteiger partial charge in [0.15, 0.2) is 18.9 Å². The highest BCUT2D eigenvalue weighted by Gasteiger charge is 2.54. The fourth-order valence-electron chi connectivity index (χ4n) is 13.8. The van der Waals surface area contributed by atoms with Crippen molar-refractivity contribution in [3.63, 3.8) is 0 Å². The van der Waals surface area contributed by atoms with Crippen molar-refractivity contribution >= 4 is 5.91 Å². The van der Waals surface area contributed by atoms with Gasteiger partial charge in [0, 0.05) is 6.42 Å². The Hall–Kier alpha value is -2.25. The Labute approximate surface area is 605 Å². The van der Waals surface area contributed by atoms with Crippen molar-refractivity contribution in [2.75, 3.05) is 26.4 Å². The van der Waals surface area contributed by atoms with Crippen molar-refractivity contribution in [3.05, 3.63) is 48.6 Å². The SMILES string of the molecule is CCCCCCC/C=C\C/C=C\C/C=C\CCCCCCCCCCC(=O)NC(COC1OC(CO)C(OC2OC(CO)C(OC3OC(CO)C(O)C(O)C3O)C(O)C2O)C(O)C1O)C(O)/C=C/CCCCCCCCCCCCCCCCCCCCCCCCCCCCCCCC. The zero-order chi connectivity index (χ0) is 72.5. The Morgan fingerprint density at radius 3 is 1.03 bits per heavy atom. The maximum atomic E-state index is 13.5. The van der Waals surface area contributed by atoms with Crippen LogP contribution in [0.4, 0.5) is 0 Å². The predicted molar refractivity (Wildman–Crippen MR) is 397 cm³/mol. The van der Waals surface area contributed by atoms with E-state index in [9.17, 15) is 61.0 Å². The number of rotatable bonds is 65. The number of carbonyl (C=O) groups excluding carboxylic acids is 1. The van der Waals surface area contributed by atoms with Crippen LogP contribution in [0.15, 0.2) is 48.6 Å². The Bertz CT molecular complexity index is 1990. The standard InChI is InChI=1S/C81H149NO18/c1-3-5-7-9-11-13-15-17-19-21-23-25-27-28-29-30-31-32-33-34-35-37-38-40-42-44-46-48-50-52-54-56-58-65(86)64(82-69(87)59-57-55-53-51-49-47-45-43-41-39-36-26-24-22-20-18-16-14-12-10-8-6-4-2)63-95-79-75(93)72(90)77(67(61-84)97-79)100-81-76(94)73(91)78(68(62-85)98-81)99-80-74(92)71(89)70(88)66(60-83)96-80/h16,18,22,24,36,39,56,58,64-68,70-81,83-86,88-94H,3-15,17,19-21,23,25-35,37-38,40-55,57,59-63H2,1-2H3,(H,82,87)/b18-16-,24-22-,39-36-,58-56+. The lowest BCUT2D eigenvalue weighted by Gasteiger charge is -2.48. The molecule has 3 rings (SSSR count). The largest absolute Gasteiger partial charge is 0.394 e. The van der Waals surface area contributed by atoms with Gasteiger partial charge in [-0.3, -0.25) is 4.79 Å². The topological polar surface area (TPSA) is 307 Å². The van der Waals surface area contributed by atoms with Crippen LogP contribution in [0.1, 0.15) is 328 Å². The second-order valence-electron chi connectivity index (χ2n) is 29.2. The zero-order valence-corrected chi connectivity index (χ0v) is 62.7. The van der Waals surface area contributed by atoms with Gasteiger partial charge >= 0.3 is 0 Å². The fourth-order valence-corrected chi connectivity index (χ4v) is 13.8.